The standard InChI is InChI=1S/C27H36N2O5/c1-4-33-23-13-11-21(12-14-23)26(30)29-25(19(2)3)27(31)28-22-9-7-8-20(16-22)17-32-18-24-10-5-6-15-34-24/h7-9,11-14,16,19,24-25H,4-6,10,15,17-18H2,1-3H3,(H,28,31)(H,29,30). The summed E-state index contributed by atoms with van der Waals surface area (Å²) in [5, 5.41) is 5.79. The van der Waals surface area contributed by atoms with Gasteiger partial charge in [0.15, 0.2) is 0 Å². The van der Waals surface area contributed by atoms with Gasteiger partial charge in [-0.25, -0.2) is 0 Å². The fraction of sp³-hybridized carbons (Fsp3) is 0.481. The highest BCUT2D eigenvalue weighted by atomic mass is 16.5. The zero-order valence-electron chi connectivity index (χ0n) is 20.3. The number of anilines is 1. The van der Waals surface area contributed by atoms with Crippen LogP contribution in [0.4, 0.5) is 5.69 Å². The van der Waals surface area contributed by atoms with Crippen LogP contribution in [-0.2, 0) is 20.9 Å². The fourth-order valence-electron chi connectivity index (χ4n) is 3.83. The number of carbonyl (C=O) groups is 2. The van der Waals surface area contributed by atoms with Gasteiger partial charge in [-0.05, 0) is 74.1 Å². The zero-order valence-corrected chi connectivity index (χ0v) is 20.3. The van der Waals surface area contributed by atoms with Gasteiger partial charge in [-0.1, -0.05) is 26.0 Å². The molecule has 2 N–H and O–H groups in total. The predicted molar refractivity (Wildman–Crippen MR) is 132 cm³/mol. The summed E-state index contributed by atoms with van der Waals surface area (Å²) in [6.45, 7) is 8.10. The first kappa shape index (κ1) is 25.7. The Labute approximate surface area is 202 Å². The number of carbonyl (C=O) groups excluding carboxylic acids is 2. The van der Waals surface area contributed by atoms with Gasteiger partial charge in [0.25, 0.3) is 5.91 Å². The van der Waals surface area contributed by atoms with E-state index in [1.54, 1.807) is 24.3 Å². The molecule has 0 bridgehead atoms. The molecule has 184 valence electrons. The van der Waals surface area contributed by atoms with Crippen LogP contribution in [0.5, 0.6) is 5.75 Å². The van der Waals surface area contributed by atoms with Crippen LogP contribution in [-0.4, -0.2) is 43.8 Å². The molecular weight excluding hydrogens is 432 g/mol. The highest BCUT2D eigenvalue weighted by Gasteiger charge is 2.25. The zero-order chi connectivity index (χ0) is 24.3. The van der Waals surface area contributed by atoms with E-state index in [1.807, 2.05) is 45.0 Å². The minimum absolute atomic E-state index is 0.0892. The van der Waals surface area contributed by atoms with Crippen molar-refractivity contribution in [2.24, 2.45) is 5.92 Å². The van der Waals surface area contributed by atoms with E-state index in [0.29, 0.717) is 36.8 Å². The molecule has 1 fully saturated rings. The molecule has 7 heteroatoms. The molecule has 2 aromatic rings. The molecule has 2 aromatic carbocycles. The third-order valence-corrected chi connectivity index (χ3v) is 5.70. The van der Waals surface area contributed by atoms with Crippen molar-refractivity contribution in [3.05, 3.63) is 59.7 Å². The van der Waals surface area contributed by atoms with Crippen molar-refractivity contribution >= 4 is 17.5 Å². The predicted octanol–water partition coefficient (Wildman–Crippen LogP) is 4.56. The van der Waals surface area contributed by atoms with Crippen LogP contribution >= 0.6 is 0 Å². The molecule has 1 aliphatic heterocycles. The lowest BCUT2D eigenvalue weighted by atomic mass is 10.0. The smallest absolute Gasteiger partial charge is 0.251 e. The van der Waals surface area contributed by atoms with Crippen LogP contribution < -0.4 is 15.4 Å². The number of benzene rings is 2. The monoisotopic (exact) mass is 468 g/mol. The summed E-state index contributed by atoms with van der Waals surface area (Å²) in [7, 11) is 0. The normalized spacial score (nSPS) is 16.6. The number of hydrogen-bond acceptors (Lipinski definition) is 5. The molecule has 0 aliphatic carbocycles. The van der Waals surface area contributed by atoms with Crippen molar-refractivity contribution in [2.45, 2.75) is 58.8 Å². The van der Waals surface area contributed by atoms with E-state index < -0.39 is 6.04 Å². The molecule has 0 saturated carbocycles. The van der Waals surface area contributed by atoms with Crippen LogP contribution in [0, 0.1) is 5.92 Å². The van der Waals surface area contributed by atoms with Crippen molar-refractivity contribution in [1.29, 1.82) is 0 Å². The molecule has 2 unspecified atom stereocenters. The van der Waals surface area contributed by atoms with E-state index in [1.165, 1.54) is 6.42 Å². The Kier molecular flexibility index (Phi) is 9.91. The first-order valence-corrected chi connectivity index (χ1v) is 12.1. The first-order valence-electron chi connectivity index (χ1n) is 12.1. The number of rotatable bonds is 11. The second kappa shape index (κ2) is 13.1. The van der Waals surface area contributed by atoms with Crippen molar-refractivity contribution in [3.8, 4) is 5.75 Å². The van der Waals surface area contributed by atoms with Gasteiger partial charge in [-0.3, -0.25) is 9.59 Å². The molecule has 7 nitrogen and oxygen atoms in total. The number of amides is 2. The summed E-state index contributed by atoms with van der Waals surface area (Å²) in [4.78, 5) is 25.7. The lowest BCUT2D eigenvalue weighted by molar-refractivity contribution is -0.118. The summed E-state index contributed by atoms with van der Waals surface area (Å²) in [6, 6.07) is 13.8. The van der Waals surface area contributed by atoms with Gasteiger partial charge in [-0.15, -0.1) is 0 Å². The Bertz CT molecular complexity index is 923. The molecule has 0 radical (unpaired) electrons. The van der Waals surface area contributed by atoms with E-state index in [9.17, 15) is 9.59 Å². The summed E-state index contributed by atoms with van der Waals surface area (Å²) in [6.07, 6.45) is 3.51. The molecule has 0 spiro atoms. The lowest BCUT2D eigenvalue weighted by Gasteiger charge is -2.23. The molecule has 1 saturated heterocycles. The SMILES string of the molecule is CCOc1ccc(C(=O)NC(C(=O)Nc2cccc(COCC3CCCCO3)c2)C(C)C)cc1. The minimum Gasteiger partial charge on any atom is -0.494 e. The summed E-state index contributed by atoms with van der Waals surface area (Å²) < 4.78 is 16.9. The van der Waals surface area contributed by atoms with Gasteiger partial charge in [0.1, 0.15) is 11.8 Å². The van der Waals surface area contributed by atoms with E-state index in [0.717, 1.165) is 25.0 Å². The fourth-order valence-corrected chi connectivity index (χ4v) is 3.83. The molecule has 2 amide bonds. The summed E-state index contributed by atoms with van der Waals surface area (Å²) in [5.74, 6) is 0.0490. The summed E-state index contributed by atoms with van der Waals surface area (Å²) >= 11 is 0. The summed E-state index contributed by atoms with van der Waals surface area (Å²) in [5.41, 5.74) is 2.11. The van der Waals surface area contributed by atoms with Crippen LogP contribution in [0.1, 0.15) is 56.0 Å². The topological polar surface area (TPSA) is 85.9 Å². The number of hydrogen-bond donors (Lipinski definition) is 2. The Morgan fingerprint density at radius 1 is 1.12 bits per heavy atom. The molecule has 34 heavy (non-hydrogen) atoms. The third-order valence-electron chi connectivity index (χ3n) is 5.70. The molecule has 3 rings (SSSR count). The van der Waals surface area contributed by atoms with Crippen molar-refractivity contribution < 1.29 is 23.8 Å². The maximum absolute atomic E-state index is 13.0. The Morgan fingerprint density at radius 3 is 2.59 bits per heavy atom. The Balaban J connectivity index is 1.55. The van der Waals surface area contributed by atoms with Gasteiger partial charge in [0, 0.05) is 17.9 Å². The maximum Gasteiger partial charge on any atom is 0.251 e. The van der Waals surface area contributed by atoms with Crippen LogP contribution in [0.2, 0.25) is 0 Å². The van der Waals surface area contributed by atoms with Crippen molar-refractivity contribution in [3.63, 3.8) is 0 Å². The molecule has 1 heterocycles. The van der Waals surface area contributed by atoms with E-state index in [-0.39, 0.29) is 23.8 Å². The molecule has 2 atom stereocenters. The third kappa shape index (κ3) is 7.85. The second-order valence-electron chi connectivity index (χ2n) is 8.85. The average Bonchev–Trinajstić information content (AvgIpc) is 2.84. The van der Waals surface area contributed by atoms with Crippen molar-refractivity contribution in [2.75, 3.05) is 25.1 Å². The van der Waals surface area contributed by atoms with E-state index in [2.05, 4.69) is 10.6 Å². The highest BCUT2D eigenvalue weighted by Crippen LogP contribution is 2.17. The largest absolute Gasteiger partial charge is 0.494 e. The Morgan fingerprint density at radius 2 is 1.91 bits per heavy atom. The number of ether oxygens (including phenoxy) is 3. The van der Waals surface area contributed by atoms with Crippen molar-refractivity contribution in [1.82, 2.24) is 5.32 Å². The van der Waals surface area contributed by atoms with E-state index >= 15 is 0 Å². The average molecular weight is 469 g/mol. The van der Waals surface area contributed by atoms with Gasteiger partial charge in [-0.2, -0.15) is 0 Å². The van der Waals surface area contributed by atoms with Gasteiger partial charge < -0.3 is 24.8 Å². The maximum atomic E-state index is 13.0. The van der Waals surface area contributed by atoms with Gasteiger partial charge in [0.05, 0.1) is 25.9 Å². The minimum atomic E-state index is -0.678. The lowest BCUT2D eigenvalue weighted by Crippen LogP contribution is -2.47. The van der Waals surface area contributed by atoms with Crippen LogP contribution in [0.3, 0.4) is 0 Å². The van der Waals surface area contributed by atoms with Crippen LogP contribution in [0.15, 0.2) is 48.5 Å². The van der Waals surface area contributed by atoms with Gasteiger partial charge in [0.2, 0.25) is 5.91 Å². The molecule has 1 aliphatic rings. The van der Waals surface area contributed by atoms with Crippen LogP contribution in [0.25, 0.3) is 0 Å². The highest BCUT2D eigenvalue weighted by molar-refractivity contribution is 6.01. The number of nitrogens with one attached hydrogen (secondary N) is 2. The second-order valence-corrected chi connectivity index (χ2v) is 8.85. The molecule has 0 aromatic heterocycles. The first-order chi connectivity index (χ1) is 16.5. The quantitative estimate of drug-likeness (QED) is 0.505. The Hall–Kier alpha value is -2.90. The molecular formula is C27H36N2O5. The van der Waals surface area contributed by atoms with Gasteiger partial charge >= 0.3 is 0 Å². The van der Waals surface area contributed by atoms with E-state index in [4.69, 9.17) is 14.2 Å².